The van der Waals surface area contributed by atoms with E-state index in [1.807, 2.05) is 19.1 Å². The van der Waals surface area contributed by atoms with Gasteiger partial charge in [0, 0.05) is 17.6 Å². The first kappa shape index (κ1) is 18.0. The van der Waals surface area contributed by atoms with Crippen molar-refractivity contribution in [3.05, 3.63) is 64.7 Å². The molecule has 24 heavy (non-hydrogen) atoms. The number of hydrogen-bond donors (Lipinski definition) is 0. The summed E-state index contributed by atoms with van der Waals surface area (Å²) in [7, 11) is 1.74. The van der Waals surface area contributed by atoms with Crippen molar-refractivity contribution < 1.29 is 14.3 Å². The SMILES string of the molecule is CC(=O)c1ccc(OCC(=O)N(C)C(C)c2ccc(Cl)cc2)cc1. The van der Waals surface area contributed by atoms with Crippen LogP contribution in [0.4, 0.5) is 0 Å². The van der Waals surface area contributed by atoms with Gasteiger partial charge in [0.15, 0.2) is 12.4 Å². The van der Waals surface area contributed by atoms with Gasteiger partial charge >= 0.3 is 0 Å². The lowest BCUT2D eigenvalue weighted by atomic mass is 10.1. The first-order valence-electron chi connectivity index (χ1n) is 7.63. The number of Topliss-reactive ketones (excluding diaryl/α,β-unsaturated/α-hetero) is 1. The number of benzene rings is 2. The van der Waals surface area contributed by atoms with Crippen LogP contribution in [0, 0.1) is 0 Å². The molecule has 0 aromatic heterocycles. The summed E-state index contributed by atoms with van der Waals surface area (Å²) in [5.74, 6) is 0.420. The van der Waals surface area contributed by atoms with Gasteiger partial charge in [0.25, 0.3) is 5.91 Å². The number of amides is 1. The Labute approximate surface area is 147 Å². The second-order valence-electron chi connectivity index (χ2n) is 5.60. The van der Waals surface area contributed by atoms with Gasteiger partial charge in [-0.2, -0.15) is 0 Å². The van der Waals surface area contributed by atoms with Gasteiger partial charge in [0.1, 0.15) is 5.75 Å². The standard InChI is InChI=1S/C19H20ClNO3/c1-13(15-4-8-17(20)9-5-15)21(3)19(23)12-24-18-10-6-16(7-11-18)14(2)22/h4-11,13H,12H2,1-3H3. The molecule has 2 aromatic rings. The fraction of sp³-hybridized carbons (Fsp3) is 0.263. The minimum Gasteiger partial charge on any atom is -0.484 e. The van der Waals surface area contributed by atoms with E-state index in [1.54, 1.807) is 48.3 Å². The lowest BCUT2D eigenvalue weighted by Crippen LogP contribution is -2.33. The van der Waals surface area contributed by atoms with E-state index in [1.165, 1.54) is 6.92 Å². The van der Waals surface area contributed by atoms with Gasteiger partial charge in [-0.25, -0.2) is 0 Å². The number of carbonyl (C=O) groups is 2. The van der Waals surface area contributed by atoms with Crippen LogP contribution in [-0.2, 0) is 4.79 Å². The number of ether oxygens (including phenoxy) is 1. The summed E-state index contributed by atoms with van der Waals surface area (Å²) < 4.78 is 5.51. The van der Waals surface area contributed by atoms with Crippen molar-refractivity contribution in [1.82, 2.24) is 4.90 Å². The fourth-order valence-electron chi connectivity index (χ4n) is 2.21. The third-order valence-electron chi connectivity index (χ3n) is 3.95. The first-order valence-corrected chi connectivity index (χ1v) is 8.01. The predicted molar refractivity (Wildman–Crippen MR) is 94.6 cm³/mol. The van der Waals surface area contributed by atoms with Crippen LogP contribution in [0.15, 0.2) is 48.5 Å². The normalized spacial score (nSPS) is 11.7. The molecule has 0 N–H and O–H groups in total. The van der Waals surface area contributed by atoms with Gasteiger partial charge in [-0.3, -0.25) is 9.59 Å². The summed E-state index contributed by atoms with van der Waals surface area (Å²) in [6.45, 7) is 3.39. The maximum absolute atomic E-state index is 12.3. The molecule has 1 unspecified atom stereocenters. The van der Waals surface area contributed by atoms with Gasteiger partial charge < -0.3 is 9.64 Å². The lowest BCUT2D eigenvalue weighted by molar-refractivity contribution is -0.134. The van der Waals surface area contributed by atoms with Gasteiger partial charge in [-0.15, -0.1) is 0 Å². The molecular formula is C19H20ClNO3. The van der Waals surface area contributed by atoms with Crippen LogP contribution in [0.3, 0.4) is 0 Å². The Morgan fingerprint density at radius 2 is 1.67 bits per heavy atom. The zero-order valence-electron chi connectivity index (χ0n) is 14.0. The molecule has 0 saturated heterocycles. The zero-order chi connectivity index (χ0) is 17.7. The Hall–Kier alpha value is -2.33. The molecule has 0 saturated carbocycles. The Kier molecular flexibility index (Phi) is 5.99. The second kappa shape index (κ2) is 7.97. The van der Waals surface area contributed by atoms with Crippen LogP contribution in [0.25, 0.3) is 0 Å². The predicted octanol–water partition coefficient (Wildman–Crippen LogP) is 4.14. The van der Waals surface area contributed by atoms with E-state index in [0.717, 1.165) is 5.56 Å². The average Bonchev–Trinajstić information content (AvgIpc) is 2.59. The Bertz CT molecular complexity index is 710. The third kappa shape index (κ3) is 4.59. The number of likely N-dealkylation sites (N-methyl/N-ethyl adjacent to an activating group) is 1. The summed E-state index contributed by atoms with van der Waals surface area (Å²) in [5.41, 5.74) is 1.61. The molecular weight excluding hydrogens is 326 g/mol. The highest BCUT2D eigenvalue weighted by atomic mass is 35.5. The summed E-state index contributed by atoms with van der Waals surface area (Å²) in [4.78, 5) is 25.2. The van der Waals surface area contributed by atoms with E-state index < -0.39 is 0 Å². The topological polar surface area (TPSA) is 46.6 Å². The van der Waals surface area contributed by atoms with E-state index in [4.69, 9.17) is 16.3 Å². The molecule has 0 aliphatic heterocycles. The van der Waals surface area contributed by atoms with Crippen molar-refractivity contribution in [2.45, 2.75) is 19.9 Å². The van der Waals surface area contributed by atoms with Gasteiger partial charge in [0.2, 0.25) is 0 Å². The molecule has 0 bridgehead atoms. The van der Waals surface area contributed by atoms with Crippen LogP contribution in [-0.4, -0.2) is 30.2 Å². The van der Waals surface area contributed by atoms with Crippen LogP contribution in [0.1, 0.15) is 35.8 Å². The highest BCUT2D eigenvalue weighted by molar-refractivity contribution is 6.30. The maximum atomic E-state index is 12.3. The molecule has 4 nitrogen and oxygen atoms in total. The number of nitrogens with zero attached hydrogens (tertiary/aromatic N) is 1. The minimum absolute atomic E-state index is 0.00542. The molecule has 0 radical (unpaired) electrons. The smallest absolute Gasteiger partial charge is 0.260 e. The molecule has 126 valence electrons. The van der Waals surface area contributed by atoms with Crippen LogP contribution in [0.5, 0.6) is 5.75 Å². The number of hydrogen-bond acceptors (Lipinski definition) is 3. The van der Waals surface area contributed by atoms with Gasteiger partial charge in [-0.05, 0) is 55.8 Å². The minimum atomic E-state index is -0.131. The number of ketones is 1. The Balaban J connectivity index is 1.93. The summed E-state index contributed by atoms with van der Waals surface area (Å²) in [6.07, 6.45) is 0. The number of carbonyl (C=O) groups excluding carboxylic acids is 2. The van der Waals surface area contributed by atoms with Crippen LogP contribution in [0.2, 0.25) is 5.02 Å². The Morgan fingerprint density at radius 3 is 2.21 bits per heavy atom. The first-order chi connectivity index (χ1) is 11.4. The fourth-order valence-corrected chi connectivity index (χ4v) is 2.34. The van der Waals surface area contributed by atoms with E-state index in [-0.39, 0.29) is 24.3 Å². The van der Waals surface area contributed by atoms with E-state index in [9.17, 15) is 9.59 Å². The van der Waals surface area contributed by atoms with Crippen molar-refractivity contribution in [3.63, 3.8) is 0 Å². The summed E-state index contributed by atoms with van der Waals surface area (Å²) in [5, 5.41) is 0.664. The monoisotopic (exact) mass is 345 g/mol. The Morgan fingerprint density at radius 1 is 1.08 bits per heavy atom. The molecule has 0 heterocycles. The molecule has 1 amide bonds. The molecule has 1 atom stereocenters. The molecule has 0 spiro atoms. The highest BCUT2D eigenvalue weighted by Gasteiger charge is 2.17. The third-order valence-corrected chi connectivity index (χ3v) is 4.20. The van der Waals surface area contributed by atoms with Gasteiger partial charge in [0.05, 0.1) is 6.04 Å². The largest absolute Gasteiger partial charge is 0.484 e. The van der Waals surface area contributed by atoms with Crippen molar-refractivity contribution in [3.8, 4) is 5.75 Å². The molecule has 2 aromatic carbocycles. The van der Waals surface area contributed by atoms with E-state index in [2.05, 4.69) is 0 Å². The summed E-state index contributed by atoms with van der Waals surface area (Å²) in [6, 6.07) is 14.1. The second-order valence-corrected chi connectivity index (χ2v) is 6.04. The maximum Gasteiger partial charge on any atom is 0.260 e. The highest BCUT2D eigenvalue weighted by Crippen LogP contribution is 2.21. The molecule has 2 rings (SSSR count). The van der Waals surface area contributed by atoms with E-state index in [0.29, 0.717) is 16.3 Å². The zero-order valence-corrected chi connectivity index (χ0v) is 14.7. The van der Waals surface area contributed by atoms with Crippen LogP contribution < -0.4 is 4.74 Å². The molecule has 5 heteroatoms. The van der Waals surface area contributed by atoms with Crippen molar-refractivity contribution in [1.29, 1.82) is 0 Å². The van der Waals surface area contributed by atoms with Gasteiger partial charge in [-0.1, -0.05) is 23.7 Å². The average molecular weight is 346 g/mol. The summed E-state index contributed by atoms with van der Waals surface area (Å²) >= 11 is 5.89. The molecule has 0 aliphatic rings. The molecule has 0 aliphatic carbocycles. The lowest BCUT2D eigenvalue weighted by Gasteiger charge is -2.25. The van der Waals surface area contributed by atoms with Crippen LogP contribution >= 0.6 is 11.6 Å². The van der Waals surface area contributed by atoms with Crippen molar-refractivity contribution in [2.75, 3.05) is 13.7 Å². The number of rotatable bonds is 6. The number of halogens is 1. The van der Waals surface area contributed by atoms with E-state index >= 15 is 0 Å². The quantitative estimate of drug-likeness (QED) is 0.739. The van der Waals surface area contributed by atoms with Crippen molar-refractivity contribution >= 4 is 23.3 Å². The van der Waals surface area contributed by atoms with Crippen molar-refractivity contribution in [2.24, 2.45) is 0 Å². The molecule has 0 fully saturated rings.